The van der Waals surface area contributed by atoms with Gasteiger partial charge in [-0.2, -0.15) is 0 Å². The standard InChI is InChI=1S/C15H19N3O5/c1-17(7-14(19)16-12-2-3-12)6-10-4-13(18(20)21)5-11-8-22-9-23-15(10)11/h4-5,12H,2-3,6-9H2,1H3,(H,16,19). The van der Waals surface area contributed by atoms with Gasteiger partial charge in [0.05, 0.1) is 18.1 Å². The van der Waals surface area contributed by atoms with Crippen molar-refractivity contribution in [3.8, 4) is 5.75 Å². The summed E-state index contributed by atoms with van der Waals surface area (Å²) in [5.74, 6) is 0.592. The third-order valence-corrected chi connectivity index (χ3v) is 3.78. The third-order valence-electron chi connectivity index (χ3n) is 3.78. The van der Waals surface area contributed by atoms with Gasteiger partial charge in [0.25, 0.3) is 5.69 Å². The summed E-state index contributed by atoms with van der Waals surface area (Å²) in [6.45, 7) is 1.05. The molecule has 3 rings (SSSR count). The fourth-order valence-corrected chi connectivity index (χ4v) is 2.60. The highest BCUT2D eigenvalue weighted by Crippen LogP contribution is 2.33. The highest BCUT2D eigenvalue weighted by atomic mass is 16.7. The number of hydrogen-bond acceptors (Lipinski definition) is 6. The Bertz CT molecular complexity index is 630. The Balaban J connectivity index is 1.73. The smallest absolute Gasteiger partial charge is 0.270 e. The number of likely N-dealkylation sites (N-methyl/N-ethyl adjacent to an activating group) is 1. The van der Waals surface area contributed by atoms with Crippen LogP contribution in [0.4, 0.5) is 5.69 Å². The number of nitrogens with zero attached hydrogens (tertiary/aromatic N) is 2. The quantitative estimate of drug-likeness (QED) is 0.624. The van der Waals surface area contributed by atoms with Crippen molar-refractivity contribution in [1.82, 2.24) is 10.2 Å². The predicted octanol–water partition coefficient (Wildman–Crippen LogP) is 1.17. The molecular weight excluding hydrogens is 302 g/mol. The second-order valence-electron chi connectivity index (χ2n) is 5.97. The summed E-state index contributed by atoms with van der Waals surface area (Å²) in [5.41, 5.74) is 1.36. The minimum Gasteiger partial charge on any atom is -0.467 e. The molecule has 0 atom stereocenters. The van der Waals surface area contributed by atoms with Crippen molar-refractivity contribution in [2.75, 3.05) is 20.4 Å². The van der Waals surface area contributed by atoms with E-state index in [-0.39, 0.29) is 31.5 Å². The number of nitrogens with one attached hydrogen (secondary N) is 1. The molecule has 0 spiro atoms. The Morgan fingerprint density at radius 1 is 1.48 bits per heavy atom. The van der Waals surface area contributed by atoms with Crippen LogP contribution < -0.4 is 10.1 Å². The van der Waals surface area contributed by atoms with Crippen molar-refractivity contribution in [3.05, 3.63) is 33.4 Å². The number of benzene rings is 1. The molecule has 0 bridgehead atoms. The van der Waals surface area contributed by atoms with Crippen LogP contribution in [0.5, 0.6) is 5.75 Å². The normalized spacial score (nSPS) is 16.6. The molecule has 1 aliphatic heterocycles. The SMILES string of the molecule is CN(CC(=O)NC1CC1)Cc1cc([N+](=O)[O-])cc2c1OCOC2. The van der Waals surface area contributed by atoms with E-state index in [1.807, 2.05) is 4.90 Å². The van der Waals surface area contributed by atoms with Gasteiger partial charge in [0, 0.05) is 35.8 Å². The lowest BCUT2D eigenvalue weighted by atomic mass is 10.1. The van der Waals surface area contributed by atoms with Gasteiger partial charge in [0.1, 0.15) is 5.75 Å². The summed E-state index contributed by atoms with van der Waals surface area (Å²) in [6.07, 6.45) is 2.09. The zero-order valence-corrected chi connectivity index (χ0v) is 12.9. The number of fused-ring (bicyclic) bond motifs is 1. The first-order valence-electron chi connectivity index (χ1n) is 7.51. The molecule has 2 aliphatic rings. The van der Waals surface area contributed by atoms with E-state index in [1.54, 1.807) is 7.05 Å². The predicted molar refractivity (Wildman–Crippen MR) is 80.9 cm³/mol. The topological polar surface area (TPSA) is 93.9 Å². The van der Waals surface area contributed by atoms with Crippen molar-refractivity contribution in [3.63, 3.8) is 0 Å². The van der Waals surface area contributed by atoms with Crippen molar-refractivity contribution >= 4 is 11.6 Å². The number of nitro groups is 1. The lowest BCUT2D eigenvalue weighted by Gasteiger charge is -2.23. The number of carbonyl (C=O) groups is 1. The van der Waals surface area contributed by atoms with Gasteiger partial charge in [-0.05, 0) is 19.9 Å². The molecule has 0 radical (unpaired) electrons. The summed E-state index contributed by atoms with van der Waals surface area (Å²) in [6, 6.07) is 3.29. The second-order valence-corrected chi connectivity index (χ2v) is 5.97. The molecule has 1 aliphatic carbocycles. The fraction of sp³-hybridized carbons (Fsp3) is 0.533. The van der Waals surface area contributed by atoms with E-state index >= 15 is 0 Å². The molecule has 1 N–H and O–H groups in total. The minimum absolute atomic E-state index is 0.00341. The summed E-state index contributed by atoms with van der Waals surface area (Å²) in [5, 5.41) is 14.0. The van der Waals surface area contributed by atoms with E-state index < -0.39 is 4.92 Å². The second kappa shape index (κ2) is 6.51. The number of hydrogen-bond donors (Lipinski definition) is 1. The van der Waals surface area contributed by atoms with E-state index in [1.165, 1.54) is 12.1 Å². The Morgan fingerprint density at radius 2 is 2.26 bits per heavy atom. The van der Waals surface area contributed by atoms with Crippen LogP contribution in [0, 0.1) is 10.1 Å². The first-order valence-corrected chi connectivity index (χ1v) is 7.51. The molecule has 0 saturated heterocycles. The molecule has 0 aromatic heterocycles. The maximum atomic E-state index is 11.8. The highest BCUT2D eigenvalue weighted by molar-refractivity contribution is 5.78. The number of carbonyl (C=O) groups excluding carboxylic acids is 1. The molecule has 1 aromatic carbocycles. The van der Waals surface area contributed by atoms with Crippen molar-refractivity contribution in [2.24, 2.45) is 0 Å². The Morgan fingerprint density at radius 3 is 2.96 bits per heavy atom. The number of rotatable bonds is 6. The maximum Gasteiger partial charge on any atom is 0.270 e. The highest BCUT2D eigenvalue weighted by Gasteiger charge is 2.25. The van der Waals surface area contributed by atoms with E-state index in [0.717, 1.165) is 12.8 Å². The van der Waals surface area contributed by atoms with Crippen LogP contribution in [0.25, 0.3) is 0 Å². The van der Waals surface area contributed by atoms with E-state index in [0.29, 0.717) is 29.5 Å². The van der Waals surface area contributed by atoms with Crippen LogP contribution in [-0.2, 0) is 22.7 Å². The van der Waals surface area contributed by atoms with Gasteiger partial charge in [0.15, 0.2) is 6.79 Å². The van der Waals surface area contributed by atoms with Crippen LogP contribution in [0.1, 0.15) is 24.0 Å². The molecule has 23 heavy (non-hydrogen) atoms. The van der Waals surface area contributed by atoms with E-state index in [9.17, 15) is 14.9 Å². The molecule has 124 valence electrons. The van der Waals surface area contributed by atoms with Crippen molar-refractivity contribution in [1.29, 1.82) is 0 Å². The van der Waals surface area contributed by atoms with Crippen molar-refractivity contribution < 1.29 is 19.2 Å². The van der Waals surface area contributed by atoms with Crippen LogP contribution in [0.2, 0.25) is 0 Å². The molecule has 8 heteroatoms. The Kier molecular flexibility index (Phi) is 4.44. The summed E-state index contributed by atoms with van der Waals surface area (Å²) >= 11 is 0. The van der Waals surface area contributed by atoms with Crippen LogP contribution in [0.3, 0.4) is 0 Å². The van der Waals surface area contributed by atoms with Gasteiger partial charge in [-0.25, -0.2) is 0 Å². The number of nitro benzene ring substituents is 1. The summed E-state index contributed by atoms with van der Waals surface area (Å²) < 4.78 is 10.7. The monoisotopic (exact) mass is 321 g/mol. The van der Waals surface area contributed by atoms with Crippen LogP contribution in [-0.4, -0.2) is 42.2 Å². The molecule has 1 saturated carbocycles. The number of non-ortho nitro benzene ring substituents is 1. The Labute approximate surface area is 133 Å². The Hall–Kier alpha value is -2.19. The van der Waals surface area contributed by atoms with Crippen LogP contribution >= 0.6 is 0 Å². The number of ether oxygens (including phenoxy) is 2. The fourth-order valence-electron chi connectivity index (χ4n) is 2.60. The van der Waals surface area contributed by atoms with Gasteiger partial charge >= 0.3 is 0 Å². The molecular formula is C15H19N3O5. The first kappa shape index (κ1) is 15.7. The molecule has 8 nitrogen and oxygen atoms in total. The number of amides is 1. The molecule has 1 amide bonds. The lowest BCUT2D eigenvalue weighted by Crippen LogP contribution is -2.36. The average Bonchev–Trinajstić information content (AvgIpc) is 3.30. The van der Waals surface area contributed by atoms with Gasteiger partial charge in [-0.15, -0.1) is 0 Å². The van der Waals surface area contributed by atoms with E-state index in [2.05, 4.69) is 5.32 Å². The molecule has 1 fully saturated rings. The molecule has 1 aromatic rings. The lowest BCUT2D eigenvalue weighted by molar-refractivity contribution is -0.385. The van der Waals surface area contributed by atoms with Crippen LogP contribution in [0.15, 0.2) is 12.1 Å². The molecule has 1 heterocycles. The third kappa shape index (κ3) is 3.96. The van der Waals surface area contributed by atoms with Gasteiger partial charge < -0.3 is 14.8 Å². The van der Waals surface area contributed by atoms with Gasteiger partial charge in [-0.3, -0.25) is 19.8 Å². The van der Waals surface area contributed by atoms with Crippen molar-refractivity contribution in [2.45, 2.75) is 32.0 Å². The largest absolute Gasteiger partial charge is 0.467 e. The van der Waals surface area contributed by atoms with Gasteiger partial charge in [0.2, 0.25) is 5.91 Å². The van der Waals surface area contributed by atoms with Gasteiger partial charge in [-0.1, -0.05) is 0 Å². The zero-order valence-electron chi connectivity index (χ0n) is 12.9. The molecule has 0 unspecified atom stereocenters. The summed E-state index contributed by atoms with van der Waals surface area (Å²) in [7, 11) is 1.80. The minimum atomic E-state index is -0.432. The average molecular weight is 321 g/mol. The summed E-state index contributed by atoms with van der Waals surface area (Å²) in [4.78, 5) is 24.3. The van der Waals surface area contributed by atoms with E-state index in [4.69, 9.17) is 9.47 Å². The maximum absolute atomic E-state index is 11.8. The zero-order chi connectivity index (χ0) is 16.4. The first-order chi connectivity index (χ1) is 11.0.